The Balaban J connectivity index is 3.19. The van der Waals surface area contributed by atoms with Crippen LogP contribution in [-0.2, 0) is 14.8 Å². The maximum absolute atomic E-state index is 12.2. The molecule has 9 heteroatoms. The molecule has 1 aromatic carbocycles. The smallest absolute Gasteiger partial charge is 0.312 e. The van der Waals surface area contributed by atoms with Crippen molar-refractivity contribution in [2.75, 3.05) is 32.1 Å². The van der Waals surface area contributed by atoms with E-state index in [1.54, 1.807) is 0 Å². The molecular formula is C12H19N3O5S. The van der Waals surface area contributed by atoms with Gasteiger partial charge in [0, 0.05) is 20.2 Å². The molecule has 0 fully saturated rings. The van der Waals surface area contributed by atoms with Crippen molar-refractivity contribution < 1.29 is 18.1 Å². The third-order valence-electron chi connectivity index (χ3n) is 2.63. The lowest BCUT2D eigenvalue weighted by molar-refractivity contribution is -0.386. The molecule has 0 amide bonds. The van der Waals surface area contributed by atoms with Gasteiger partial charge in [-0.25, -0.2) is 13.1 Å². The summed E-state index contributed by atoms with van der Waals surface area (Å²) in [5.74, 6) is 0. The van der Waals surface area contributed by atoms with Crippen LogP contribution in [0.4, 0.5) is 11.4 Å². The van der Waals surface area contributed by atoms with Crippen molar-refractivity contribution in [3.05, 3.63) is 28.3 Å². The molecule has 0 aliphatic heterocycles. The molecule has 0 unspecified atom stereocenters. The molecule has 0 aliphatic carbocycles. The zero-order valence-electron chi connectivity index (χ0n) is 12.0. The maximum Gasteiger partial charge on any atom is 0.312 e. The van der Waals surface area contributed by atoms with Gasteiger partial charge in [0.15, 0.2) is 4.90 Å². The van der Waals surface area contributed by atoms with Crippen molar-refractivity contribution >= 4 is 21.4 Å². The standard InChI is InChI=1S/C12H19N3O5S/c1-3-7-13-10-5-4-6-11(12(10)15(16)17)21(18,19)14-8-9-20-2/h4-6,13-14H,3,7-9H2,1-2H3. The van der Waals surface area contributed by atoms with Gasteiger partial charge in [0.1, 0.15) is 5.69 Å². The van der Waals surface area contributed by atoms with Crippen LogP contribution in [0.15, 0.2) is 23.1 Å². The second-order valence-electron chi connectivity index (χ2n) is 4.23. The summed E-state index contributed by atoms with van der Waals surface area (Å²) in [6.45, 7) is 2.65. The summed E-state index contributed by atoms with van der Waals surface area (Å²) in [6, 6.07) is 4.17. The first-order valence-electron chi connectivity index (χ1n) is 6.44. The van der Waals surface area contributed by atoms with Crippen LogP contribution in [0.1, 0.15) is 13.3 Å². The van der Waals surface area contributed by atoms with Gasteiger partial charge in [-0.05, 0) is 18.6 Å². The number of hydrogen-bond acceptors (Lipinski definition) is 6. The van der Waals surface area contributed by atoms with Crippen LogP contribution >= 0.6 is 0 Å². The van der Waals surface area contributed by atoms with Crippen molar-refractivity contribution in [1.82, 2.24) is 4.72 Å². The lowest BCUT2D eigenvalue weighted by Gasteiger charge is -2.10. The zero-order chi connectivity index (χ0) is 15.9. The van der Waals surface area contributed by atoms with E-state index in [9.17, 15) is 18.5 Å². The highest BCUT2D eigenvalue weighted by Gasteiger charge is 2.28. The predicted octanol–water partition coefficient (Wildman–Crippen LogP) is 1.34. The van der Waals surface area contributed by atoms with Crippen LogP contribution in [0, 0.1) is 10.1 Å². The number of methoxy groups -OCH3 is 1. The quantitative estimate of drug-likeness (QED) is 0.404. The van der Waals surface area contributed by atoms with Crippen LogP contribution in [0.5, 0.6) is 0 Å². The van der Waals surface area contributed by atoms with Crippen LogP contribution in [0.2, 0.25) is 0 Å². The van der Waals surface area contributed by atoms with Crippen LogP contribution < -0.4 is 10.0 Å². The summed E-state index contributed by atoms with van der Waals surface area (Å²) < 4.78 is 31.3. The molecule has 0 saturated carbocycles. The van der Waals surface area contributed by atoms with E-state index < -0.39 is 20.6 Å². The summed E-state index contributed by atoms with van der Waals surface area (Å²) in [5, 5.41) is 14.1. The lowest BCUT2D eigenvalue weighted by atomic mass is 10.2. The van der Waals surface area contributed by atoms with Gasteiger partial charge >= 0.3 is 5.69 Å². The molecule has 1 aromatic rings. The molecule has 0 aromatic heterocycles. The average Bonchev–Trinajstić information content (AvgIpc) is 2.44. The van der Waals surface area contributed by atoms with Crippen molar-refractivity contribution in [3.63, 3.8) is 0 Å². The van der Waals surface area contributed by atoms with Gasteiger partial charge in [-0.3, -0.25) is 10.1 Å². The molecule has 0 bridgehead atoms. The van der Waals surface area contributed by atoms with Crippen LogP contribution in [-0.4, -0.2) is 40.1 Å². The Morgan fingerprint density at radius 1 is 1.33 bits per heavy atom. The molecule has 8 nitrogen and oxygen atoms in total. The molecule has 2 N–H and O–H groups in total. The number of hydrogen-bond donors (Lipinski definition) is 2. The number of nitro groups is 1. The minimum Gasteiger partial charge on any atom is -0.383 e. The molecule has 118 valence electrons. The Morgan fingerprint density at radius 2 is 2.05 bits per heavy atom. The number of rotatable bonds is 9. The summed E-state index contributed by atoms with van der Waals surface area (Å²) in [4.78, 5) is 10.2. The first kappa shape index (κ1) is 17.3. The van der Waals surface area contributed by atoms with Crippen molar-refractivity contribution in [2.45, 2.75) is 18.2 Å². The minimum atomic E-state index is -3.97. The fourth-order valence-electron chi connectivity index (χ4n) is 1.69. The van der Waals surface area contributed by atoms with E-state index >= 15 is 0 Å². The first-order valence-corrected chi connectivity index (χ1v) is 7.92. The number of nitrogens with zero attached hydrogens (tertiary/aromatic N) is 1. The van der Waals surface area contributed by atoms with Gasteiger partial charge in [-0.1, -0.05) is 13.0 Å². The van der Waals surface area contributed by atoms with Gasteiger partial charge in [-0.15, -0.1) is 0 Å². The summed E-state index contributed by atoms with van der Waals surface area (Å²) in [6.07, 6.45) is 0.764. The highest BCUT2D eigenvalue weighted by molar-refractivity contribution is 7.89. The Labute approximate surface area is 123 Å². The van der Waals surface area contributed by atoms with E-state index in [1.165, 1.54) is 25.3 Å². The van der Waals surface area contributed by atoms with E-state index in [2.05, 4.69) is 10.0 Å². The second-order valence-corrected chi connectivity index (χ2v) is 5.96. The van der Waals surface area contributed by atoms with Gasteiger partial charge in [0.2, 0.25) is 10.0 Å². The van der Waals surface area contributed by atoms with E-state index in [0.29, 0.717) is 6.54 Å². The fourth-order valence-corrected chi connectivity index (χ4v) is 2.89. The largest absolute Gasteiger partial charge is 0.383 e. The second kappa shape index (κ2) is 7.91. The minimum absolute atomic E-state index is 0.0442. The molecule has 0 atom stereocenters. The van der Waals surface area contributed by atoms with Crippen LogP contribution in [0.25, 0.3) is 0 Å². The first-order chi connectivity index (χ1) is 9.94. The number of para-hydroxylation sites is 1. The van der Waals surface area contributed by atoms with E-state index in [1.807, 2.05) is 6.92 Å². The molecule has 0 aliphatic rings. The topological polar surface area (TPSA) is 111 Å². The van der Waals surface area contributed by atoms with Crippen molar-refractivity contribution in [2.24, 2.45) is 0 Å². The van der Waals surface area contributed by atoms with E-state index in [0.717, 1.165) is 6.42 Å². The summed E-state index contributed by atoms with van der Waals surface area (Å²) in [7, 11) is -2.53. The zero-order valence-corrected chi connectivity index (χ0v) is 12.8. The van der Waals surface area contributed by atoms with Gasteiger partial charge in [0.05, 0.1) is 11.5 Å². The van der Waals surface area contributed by atoms with Crippen molar-refractivity contribution in [1.29, 1.82) is 0 Å². The third-order valence-corrected chi connectivity index (χ3v) is 4.13. The highest BCUT2D eigenvalue weighted by Crippen LogP contribution is 2.31. The maximum atomic E-state index is 12.2. The monoisotopic (exact) mass is 317 g/mol. The SMILES string of the molecule is CCCNc1cccc(S(=O)(=O)NCCOC)c1[N+](=O)[O-]. The van der Waals surface area contributed by atoms with E-state index in [-0.39, 0.29) is 23.7 Å². The van der Waals surface area contributed by atoms with Crippen LogP contribution in [0.3, 0.4) is 0 Å². The van der Waals surface area contributed by atoms with Gasteiger partial charge < -0.3 is 10.1 Å². The number of nitrogens with one attached hydrogen (secondary N) is 2. The number of benzene rings is 1. The average molecular weight is 317 g/mol. The number of sulfonamides is 1. The Morgan fingerprint density at radius 3 is 2.62 bits per heavy atom. The lowest BCUT2D eigenvalue weighted by Crippen LogP contribution is -2.28. The molecule has 0 spiro atoms. The van der Waals surface area contributed by atoms with E-state index in [4.69, 9.17) is 4.74 Å². The highest BCUT2D eigenvalue weighted by atomic mass is 32.2. The number of anilines is 1. The number of nitro benzene ring substituents is 1. The Kier molecular flexibility index (Phi) is 6.53. The predicted molar refractivity (Wildman–Crippen MR) is 78.9 cm³/mol. The normalized spacial score (nSPS) is 11.3. The molecule has 1 rings (SSSR count). The molecule has 0 radical (unpaired) electrons. The fraction of sp³-hybridized carbons (Fsp3) is 0.500. The molecule has 0 saturated heterocycles. The third kappa shape index (κ3) is 4.66. The molecular weight excluding hydrogens is 298 g/mol. The number of ether oxygens (including phenoxy) is 1. The summed E-state index contributed by atoms with van der Waals surface area (Å²) in [5.41, 5.74) is -0.257. The Bertz CT molecular complexity index is 589. The van der Waals surface area contributed by atoms with Gasteiger partial charge in [0.25, 0.3) is 0 Å². The molecule has 0 heterocycles. The summed E-state index contributed by atoms with van der Waals surface area (Å²) >= 11 is 0. The van der Waals surface area contributed by atoms with Crippen molar-refractivity contribution in [3.8, 4) is 0 Å². The molecule has 21 heavy (non-hydrogen) atoms. The Hall–Kier alpha value is -1.71. The van der Waals surface area contributed by atoms with Gasteiger partial charge in [-0.2, -0.15) is 0 Å².